The van der Waals surface area contributed by atoms with Gasteiger partial charge in [-0.15, -0.1) is 0 Å². The lowest BCUT2D eigenvalue weighted by atomic mass is 9.92. The molecule has 1 nitrogen and oxygen atoms in total. The summed E-state index contributed by atoms with van der Waals surface area (Å²) in [6.45, 7) is 2.11. The summed E-state index contributed by atoms with van der Waals surface area (Å²) < 4.78 is 12.9. The number of benzene rings is 1. The van der Waals surface area contributed by atoms with Gasteiger partial charge in [0.25, 0.3) is 0 Å². The van der Waals surface area contributed by atoms with Crippen LogP contribution in [0.1, 0.15) is 25.3 Å². The molecule has 2 atom stereocenters. The number of halogens is 1. The van der Waals surface area contributed by atoms with E-state index in [-0.39, 0.29) is 17.3 Å². The number of nitrogens with two attached hydrogens (primary N) is 1. The van der Waals surface area contributed by atoms with Crippen molar-refractivity contribution in [3.8, 4) is 0 Å². The van der Waals surface area contributed by atoms with Crippen molar-refractivity contribution in [2.75, 3.05) is 0 Å². The first kappa shape index (κ1) is 8.70. The van der Waals surface area contributed by atoms with Gasteiger partial charge < -0.3 is 5.73 Å². The van der Waals surface area contributed by atoms with Crippen LogP contribution >= 0.6 is 0 Å². The molecule has 2 heteroatoms. The summed E-state index contributed by atoms with van der Waals surface area (Å²) in [4.78, 5) is 0. The topological polar surface area (TPSA) is 26.0 Å². The molecule has 0 heterocycles. The fourth-order valence-electron chi connectivity index (χ4n) is 2.07. The Morgan fingerprint density at radius 2 is 2.31 bits per heavy atom. The number of hydrogen-bond acceptors (Lipinski definition) is 1. The van der Waals surface area contributed by atoms with Gasteiger partial charge in [0.05, 0.1) is 0 Å². The molecule has 1 fully saturated rings. The van der Waals surface area contributed by atoms with Crippen molar-refractivity contribution < 1.29 is 4.39 Å². The van der Waals surface area contributed by atoms with Gasteiger partial charge in [-0.1, -0.05) is 19.1 Å². The van der Waals surface area contributed by atoms with Gasteiger partial charge in [0.2, 0.25) is 0 Å². The second-order valence-corrected chi connectivity index (χ2v) is 3.83. The molecule has 0 radical (unpaired) electrons. The first-order valence-corrected chi connectivity index (χ1v) is 4.70. The molecule has 0 saturated heterocycles. The Kier molecular flexibility index (Phi) is 1.88. The standard InChI is InChI=1S/C11H14FN/c1-2-11(7-10(11)13)8-4-3-5-9(12)6-8/h3-6,10H,2,7,13H2,1H3/t10-,11?/m1/s1. The van der Waals surface area contributed by atoms with Gasteiger partial charge >= 0.3 is 0 Å². The van der Waals surface area contributed by atoms with Gasteiger partial charge in [0.1, 0.15) is 5.82 Å². The van der Waals surface area contributed by atoms with Gasteiger partial charge in [-0.2, -0.15) is 0 Å². The molecular formula is C11H14FN. The van der Waals surface area contributed by atoms with Gasteiger partial charge in [-0.25, -0.2) is 4.39 Å². The minimum absolute atomic E-state index is 0.0715. The van der Waals surface area contributed by atoms with Gasteiger partial charge in [0, 0.05) is 11.5 Å². The average Bonchev–Trinajstić information content (AvgIpc) is 2.78. The molecule has 0 aromatic heterocycles. The van der Waals surface area contributed by atoms with Crippen LogP contribution in [-0.2, 0) is 5.41 Å². The highest BCUT2D eigenvalue weighted by Gasteiger charge is 2.51. The third kappa shape index (κ3) is 1.25. The Labute approximate surface area is 77.8 Å². The molecule has 0 bridgehead atoms. The van der Waals surface area contributed by atoms with E-state index in [0.717, 1.165) is 18.4 Å². The Morgan fingerprint density at radius 1 is 1.62 bits per heavy atom. The molecule has 1 saturated carbocycles. The molecule has 2 rings (SSSR count). The summed E-state index contributed by atoms with van der Waals surface area (Å²) in [5.41, 5.74) is 7.00. The lowest BCUT2D eigenvalue weighted by Gasteiger charge is -2.13. The van der Waals surface area contributed by atoms with E-state index >= 15 is 0 Å². The summed E-state index contributed by atoms with van der Waals surface area (Å²) in [7, 11) is 0. The van der Waals surface area contributed by atoms with Gasteiger partial charge in [-0.3, -0.25) is 0 Å². The van der Waals surface area contributed by atoms with E-state index in [2.05, 4.69) is 6.92 Å². The van der Waals surface area contributed by atoms with E-state index in [1.807, 2.05) is 6.07 Å². The maximum absolute atomic E-state index is 12.9. The summed E-state index contributed by atoms with van der Waals surface area (Å²) in [5.74, 6) is -0.163. The number of hydrogen-bond donors (Lipinski definition) is 1. The fourth-order valence-corrected chi connectivity index (χ4v) is 2.07. The zero-order valence-electron chi connectivity index (χ0n) is 7.76. The SMILES string of the molecule is CCC1(c2cccc(F)c2)C[C@H]1N. The third-order valence-electron chi connectivity index (χ3n) is 3.16. The van der Waals surface area contributed by atoms with Crippen LogP contribution in [0.3, 0.4) is 0 Å². The molecule has 1 unspecified atom stereocenters. The second kappa shape index (κ2) is 2.81. The van der Waals surface area contributed by atoms with Crippen LogP contribution in [0.25, 0.3) is 0 Å². The Morgan fingerprint density at radius 3 is 2.77 bits per heavy atom. The lowest BCUT2D eigenvalue weighted by Crippen LogP contribution is -2.17. The summed E-state index contributed by atoms with van der Waals surface area (Å²) >= 11 is 0. The molecule has 0 amide bonds. The van der Waals surface area contributed by atoms with Crippen LogP contribution in [0.5, 0.6) is 0 Å². The van der Waals surface area contributed by atoms with Crippen molar-refractivity contribution in [3.05, 3.63) is 35.6 Å². The van der Waals surface area contributed by atoms with Crippen LogP contribution in [0.4, 0.5) is 4.39 Å². The Balaban J connectivity index is 2.35. The monoisotopic (exact) mass is 179 g/mol. The lowest BCUT2D eigenvalue weighted by molar-refractivity contribution is 0.601. The van der Waals surface area contributed by atoms with Gasteiger partial charge in [0.15, 0.2) is 0 Å². The van der Waals surface area contributed by atoms with E-state index in [9.17, 15) is 4.39 Å². The maximum atomic E-state index is 12.9. The highest BCUT2D eigenvalue weighted by molar-refractivity contribution is 5.35. The molecule has 2 N–H and O–H groups in total. The minimum Gasteiger partial charge on any atom is -0.327 e. The molecule has 70 valence electrons. The van der Waals surface area contributed by atoms with E-state index in [0.29, 0.717) is 0 Å². The summed E-state index contributed by atoms with van der Waals surface area (Å²) in [6.07, 6.45) is 1.99. The molecule has 1 aromatic carbocycles. The quantitative estimate of drug-likeness (QED) is 0.740. The van der Waals surface area contributed by atoms with Crippen LogP contribution in [0.15, 0.2) is 24.3 Å². The predicted molar refractivity (Wildman–Crippen MR) is 51.0 cm³/mol. The van der Waals surface area contributed by atoms with E-state index in [1.165, 1.54) is 6.07 Å². The normalized spacial score (nSPS) is 31.8. The third-order valence-corrected chi connectivity index (χ3v) is 3.16. The summed E-state index contributed by atoms with van der Waals surface area (Å²) in [5, 5.41) is 0. The highest BCUT2D eigenvalue weighted by atomic mass is 19.1. The minimum atomic E-state index is -0.163. The second-order valence-electron chi connectivity index (χ2n) is 3.83. The molecule has 1 aliphatic carbocycles. The first-order valence-electron chi connectivity index (χ1n) is 4.70. The molecule has 0 aliphatic heterocycles. The zero-order valence-corrected chi connectivity index (χ0v) is 7.76. The Hall–Kier alpha value is -0.890. The summed E-state index contributed by atoms with van der Waals surface area (Å²) in [6, 6.07) is 7.03. The van der Waals surface area contributed by atoms with Crippen molar-refractivity contribution in [1.82, 2.24) is 0 Å². The van der Waals surface area contributed by atoms with Crippen molar-refractivity contribution in [2.24, 2.45) is 5.73 Å². The van der Waals surface area contributed by atoms with Crippen LogP contribution in [0.2, 0.25) is 0 Å². The van der Waals surface area contributed by atoms with E-state index < -0.39 is 0 Å². The van der Waals surface area contributed by atoms with Gasteiger partial charge in [-0.05, 0) is 30.5 Å². The molecule has 13 heavy (non-hydrogen) atoms. The zero-order chi connectivity index (χ0) is 9.47. The molecular weight excluding hydrogens is 165 g/mol. The molecule has 0 spiro atoms. The van der Waals surface area contributed by atoms with Crippen LogP contribution < -0.4 is 5.73 Å². The first-order chi connectivity index (χ1) is 6.19. The predicted octanol–water partition coefficient (Wildman–Crippen LogP) is 2.20. The van der Waals surface area contributed by atoms with Crippen molar-refractivity contribution in [1.29, 1.82) is 0 Å². The van der Waals surface area contributed by atoms with Crippen molar-refractivity contribution in [2.45, 2.75) is 31.2 Å². The van der Waals surface area contributed by atoms with E-state index in [1.54, 1.807) is 12.1 Å². The molecule has 1 aliphatic rings. The maximum Gasteiger partial charge on any atom is 0.123 e. The molecule has 1 aromatic rings. The average molecular weight is 179 g/mol. The van der Waals surface area contributed by atoms with Crippen molar-refractivity contribution >= 4 is 0 Å². The smallest absolute Gasteiger partial charge is 0.123 e. The fraction of sp³-hybridized carbons (Fsp3) is 0.455. The number of rotatable bonds is 2. The highest BCUT2D eigenvalue weighted by Crippen LogP contribution is 2.49. The van der Waals surface area contributed by atoms with Crippen molar-refractivity contribution in [3.63, 3.8) is 0 Å². The van der Waals surface area contributed by atoms with Crippen LogP contribution in [-0.4, -0.2) is 6.04 Å². The Bertz CT molecular complexity index is 320. The van der Waals surface area contributed by atoms with E-state index in [4.69, 9.17) is 5.73 Å². The van der Waals surface area contributed by atoms with Crippen LogP contribution in [0, 0.1) is 5.82 Å². The largest absolute Gasteiger partial charge is 0.327 e.